The smallest absolute Gasteiger partial charge is 0.250 e. The van der Waals surface area contributed by atoms with E-state index < -0.39 is 5.91 Å². The van der Waals surface area contributed by atoms with E-state index in [1.54, 1.807) is 6.07 Å². The number of benzene rings is 2. The van der Waals surface area contributed by atoms with Gasteiger partial charge < -0.3 is 16.2 Å². The predicted molar refractivity (Wildman–Crippen MR) is 154 cm³/mol. The highest BCUT2D eigenvalue weighted by Crippen LogP contribution is 2.36. The fourth-order valence-electron chi connectivity index (χ4n) is 5.57. The molecule has 0 radical (unpaired) electrons. The quantitative estimate of drug-likeness (QED) is 0.269. The molecule has 3 aromatic heterocycles. The zero-order chi connectivity index (χ0) is 27.1. The molecular formula is C31H32N6O2. The Morgan fingerprint density at radius 2 is 1.85 bits per heavy atom. The number of fused-ring (bicyclic) bond motifs is 2. The van der Waals surface area contributed by atoms with Crippen LogP contribution in [0.1, 0.15) is 61.5 Å². The van der Waals surface area contributed by atoms with Crippen LogP contribution in [0, 0.1) is 0 Å². The monoisotopic (exact) mass is 520 g/mol. The van der Waals surface area contributed by atoms with Gasteiger partial charge >= 0.3 is 0 Å². The lowest BCUT2D eigenvalue weighted by molar-refractivity contribution is 0.100. The summed E-state index contributed by atoms with van der Waals surface area (Å²) < 4.78 is 1.90. The third kappa shape index (κ3) is 4.72. The van der Waals surface area contributed by atoms with E-state index in [-0.39, 0.29) is 18.1 Å². The molecule has 1 fully saturated rings. The number of anilines is 1. The van der Waals surface area contributed by atoms with Crippen molar-refractivity contribution >= 4 is 33.4 Å². The summed E-state index contributed by atoms with van der Waals surface area (Å²) in [7, 11) is 0. The largest absolute Gasteiger partial charge is 0.393 e. The van der Waals surface area contributed by atoms with Crippen molar-refractivity contribution in [3.05, 3.63) is 78.4 Å². The number of amides is 1. The third-order valence-electron chi connectivity index (χ3n) is 7.64. The van der Waals surface area contributed by atoms with Crippen LogP contribution in [0.25, 0.3) is 38.6 Å². The first-order valence-electron chi connectivity index (χ1n) is 13.5. The topological polar surface area (TPSA) is 119 Å². The van der Waals surface area contributed by atoms with Gasteiger partial charge in [0.1, 0.15) is 0 Å². The number of nitrogens with one attached hydrogen (secondary N) is 1. The summed E-state index contributed by atoms with van der Waals surface area (Å²) in [6.07, 6.45) is 8.50. The van der Waals surface area contributed by atoms with Crippen LogP contribution in [0.3, 0.4) is 0 Å². The molecule has 1 aliphatic carbocycles. The summed E-state index contributed by atoms with van der Waals surface area (Å²) in [5, 5.41) is 20.6. The summed E-state index contributed by atoms with van der Waals surface area (Å²) >= 11 is 0. The molecule has 0 spiro atoms. The van der Waals surface area contributed by atoms with Gasteiger partial charge in [-0.15, -0.1) is 0 Å². The van der Waals surface area contributed by atoms with Crippen molar-refractivity contribution in [1.29, 1.82) is 0 Å². The predicted octanol–water partition coefficient (Wildman–Crippen LogP) is 5.57. The lowest BCUT2D eigenvalue weighted by Gasteiger charge is -2.27. The van der Waals surface area contributed by atoms with E-state index in [4.69, 9.17) is 10.8 Å². The Kier molecular flexibility index (Phi) is 6.48. The summed E-state index contributed by atoms with van der Waals surface area (Å²) in [5.74, 6) is -0.319. The van der Waals surface area contributed by atoms with E-state index in [1.165, 1.54) is 0 Å². The summed E-state index contributed by atoms with van der Waals surface area (Å²) in [4.78, 5) is 21.5. The van der Waals surface area contributed by atoms with Crippen molar-refractivity contribution in [2.45, 2.75) is 57.6 Å². The first-order valence-corrected chi connectivity index (χ1v) is 13.5. The van der Waals surface area contributed by atoms with Gasteiger partial charge in [0.15, 0.2) is 0 Å². The Morgan fingerprint density at radius 3 is 2.62 bits per heavy atom. The van der Waals surface area contributed by atoms with Gasteiger partial charge in [-0.2, -0.15) is 5.10 Å². The van der Waals surface area contributed by atoms with Crippen LogP contribution in [0.4, 0.5) is 5.69 Å². The van der Waals surface area contributed by atoms with E-state index in [0.717, 1.165) is 70.0 Å². The number of para-hydroxylation sites is 1. The van der Waals surface area contributed by atoms with Crippen molar-refractivity contribution in [2.75, 3.05) is 5.32 Å². The lowest BCUT2D eigenvalue weighted by Crippen LogP contribution is -2.29. The molecule has 0 atom stereocenters. The molecule has 6 rings (SSSR count). The molecule has 1 aliphatic rings. The maximum absolute atomic E-state index is 12.3. The van der Waals surface area contributed by atoms with E-state index in [9.17, 15) is 9.90 Å². The van der Waals surface area contributed by atoms with Gasteiger partial charge in [-0.25, -0.2) is 4.68 Å². The highest BCUT2D eigenvalue weighted by Gasteiger charge is 2.23. The Hall–Kier alpha value is -4.30. The second-order valence-electron chi connectivity index (χ2n) is 10.7. The van der Waals surface area contributed by atoms with Gasteiger partial charge in [0, 0.05) is 46.0 Å². The number of aliphatic hydroxyl groups excluding tert-OH is 1. The van der Waals surface area contributed by atoms with Crippen molar-refractivity contribution in [3.63, 3.8) is 0 Å². The molecule has 5 aromatic rings. The Morgan fingerprint density at radius 1 is 1.05 bits per heavy atom. The molecule has 2 aromatic carbocycles. The Bertz CT molecular complexity index is 1680. The second-order valence-corrected chi connectivity index (χ2v) is 10.7. The fourth-order valence-corrected chi connectivity index (χ4v) is 5.57. The van der Waals surface area contributed by atoms with Crippen LogP contribution in [-0.4, -0.2) is 42.9 Å². The van der Waals surface area contributed by atoms with Crippen LogP contribution in [0.15, 0.2) is 67.1 Å². The molecule has 0 unspecified atom stereocenters. The minimum Gasteiger partial charge on any atom is -0.393 e. The zero-order valence-corrected chi connectivity index (χ0v) is 22.1. The molecule has 3 heterocycles. The molecule has 0 aliphatic heterocycles. The molecule has 0 saturated heterocycles. The third-order valence-corrected chi connectivity index (χ3v) is 7.64. The standard InChI is InChI=1S/C31H32N6O2/c1-18(2)30-29-25(20-13-19-5-3-4-6-26(19)34-15-20)16-33-17-28(29)37(36-30)22-9-12-24(31(32)39)27(14-22)35-21-7-10-23(38)11-8-21/h3-6,9,12-18,21,23,35,38H,7-8,10-11H2,1-2H3,(H2,32,39). The van der Waals surface area contributed by atoms with Crippen LogP contribution >= 0.6 is 0 Å². The minimum absolute atomic E-state index is 0.163. The highest BCUT2D eigenvalue weighted by atomic mass is 16.3. The van der Waals surface area contributed by atoms with Gasteiger partial charge in [0.25, 0.3) is 5.91 Å². The highest BCUT2D eigenvalue weighted by molar-refractivity contribution is 6.00. The van der Waals surface area contributed by atoms with E-state index in [2.05, 4.69) is 41.3 Å². The maximum atomic E-state index is 12.3. The first kappa shape index (κ1) is 25.0. The van der Waals surface area contributed by atoms with Crippen molar-refractivity contribution in [2.24, 2.45) is 5.73 Å². The van der Waals surface area contributed by atoms with Gasteiger partial charge in [-0.1, -0.05) is 32.0 Å². The van der Waals surface area contributed by atoms with Crippen molar-refractivity contribution in [3.8, 4) is 16.8 Å². The van der Waals surface area contributed by atoms with Gasteiger partial charge in [0.2, 0.25) is 0 Å². The number of rotatable bonds is 6. The molecule has 0 bridgehead atoms. The SMILES string of the molecule is CC(C)c1nn(-c2ccc(C(N)=O)c(NC3CCC(O)CC3)c2)c2cncc(-c3cnc4ccccc4c3)c12. The number of pyridine rings is 2. The summed E-state index contributed by atoms with van der Waals surface area (Å²) in [6.45, 7) is 4.27. The van der Waals surface area contributed by atoms with E-state index >= 15 is 0 Å². The molecular weight excluding hydrogens is 488 g/mol. The van der Waals surface area contributed by atoms with E-state index in [1.807, 2.05) is 53.6 Å². The van der Waals surface area contributed by atoms with Crippen molar-refractivity contribution < 1.29 is 9.90 Å². The summed E-state index contributed by atoms with van der Waals surface area (Å²) in [5.41, 5.74) is 12.4. The van der Waals surface area contributed by atoms with Gasteiger partial charge in [-0.05, 0) is 61.9 Å². The number of nitrogens with zero attached hydrogens (tertiary/aromatic N) is 4. The molecule has 8 nitrogen and oxygen atoms in total. The number of hydrogen-bond acceptors (Lipinski definition) is 6. The number of nitrogens with two attached hydrogens (primary N) is 1. The van der Waals surface area contributed by atoms with Crippen LogP contribution in [-0.2, 0) is 0 Å². The fraction of sp³-hybridized carbons (Fsp3) is 0.290. The first-order chi connectivity index (χ1) is 18.9. The van der Waals surface area contributed by atoms with E-state index in [0.29, 0.717) is 11.3 Å². The lowest BCUT2D eigenvalue weighted by atomic mass is 9.92. The zero-order valence-electron chi connectivity index (χ0n) is 22.1. The summed E-state index contributed by atoms with van der Waals surface area (Å²) in [6, 6.07) is 15.9. The van der Waals surface area contributed by atoms with Crippen LogP contribution in [0.5, 0.6) is 0 Å². The molecule has 198 valence electrons. The average molecular weight is 521 g/mol. The molecule has 4 N–H and O–H groups in total. The van der Waals surface area contributed by atoms with Gasteiger partial charge in [0.05, 0.1) is 40.3 Å². The molecule has 8 heteroatoms. The Labute approximate surface area is 226 Å². The average Bonchev–Trinajstić information content (AvgIpc) is 3.34. The number of hydrogen-bond donors (Lipinski definition) is 3. The number of carbonyl (C=O) groups excluding carboxylic acids is 1. The normalized spacial score (nSPS) is 17.6. The van der Waals surface area contributed by atoms with Crippen LogP contribution < -0.4 is 11.1 Å². The Balaban J connectivity index is 1.48. The minimum atomic E-state index is -0.485. The molecule has 1 saturated carbocycles. The molecule has 39 heavy (non-hydrogen) atoms. The molecule has 1 amide bonds. The van der Waals surface area contributed by atoms with Crippen LogP contribution in [0.2, 0.25) is 0 Å². The van der Waals surface area contributed by atoms with Gasteiger partial charge in [-0.3, -0.25) is 14.8 Å². The number of aliphatic hydroxyl groups is 1. The maximum Gasteiger partial charge on any atom is 0.250 e. The second kappa shape index (κ2) is 10.1. The number of aromatic nitrogens is 4. The number of carbonyl (C=O) groups is 1. The van der Waals surface area contributed by atoms with Crippen molar-refractivity contribution in [1.82, 2.24) is 19.7 Å². The number of primary amides is 1.